The summed E-state index contributed by atoms with van der Waals surface area (Å²) in [4.78, 5) is 3.97. The second kappa shape index (κ2) is 4.66. The lowest BCUT2D eigenvalue weighted by atomic mass is 9.95. The van der Waals surface area contributed by atoms with Crippen molar-refractivity contribution in [3.63, 3.8) is 0 Å². The molecule has 0 aromatic carbocycles. The molecule has 2 heterocycles. The van der Waals surface area contributed by atoms with E-state index in [0.717, 1.165) is 15.7 Å². The van der Waals surface area contributed by atoms with Crippen molar-refractivity contribution in [2.24, 2.45) is 5.10 Å². The third-order valence-corrected chi connectivity index (χ3v) is 3.15. The number of nitrogens with zero attached hydrogens (tertiary/aromatic N) is 3. The van der Waals surface area contributed by atoms with Crippen molar-refractivity contribution >= 4 is 30.0 Å². The van der Waals surface area contributed by atoms with Crippen LogP contribution in [0.15, 0.2) is 51.9 Å². The Labute approximate surface area is 104 Å². The van der Waals surface area contributed by atoms with Gasteiger partial charge in [0, 0.05) is 23.1 Å². The third-order valence-electron chi connectivity index (χ3n) is 2.24. The van der Waals surface area contributed by atoms with Crippen molar-refractivity contribution in [1.82, 2.24) is 9.99 Å². The van der Waals surface area contributed by atoms with E-state index in [1.165, 1.54) is 0 Å². The van der Waals surface area contributed by atoms with E-state index >= 15 is 0 Å². The first kappa shape index (κ1) is 11.1. The fourth-order valence-electron chi connectivity index (χ4n) is 1.34. The summed E-state index contributed by atoms with van der Waals surface area (Å²) in [6.07, 6.45) is 5.12. The zero-order valence-electron chi connectivity index (χ0n) is 8.60. The monoisotopic (exact) mass is 273 g/mol. The lowest BCUT2D eigenvalue weighted by Crippen LogP contribution is -2.20. The van der Waals surface area contributed by atoms with Crippen molar-refractivity contribution in [2.45, 2.75) is 6.54 Å². The highest BCUT2D eigenvalue weighted by Gasteiger charge is 2.14. The van der Waals surface area contributed by atoms with Gasteiger partial charge in [-0.1, -0.05) is 12.1 Å². The molecule has 1 aromatic rings. The molecule has 0 unspecified atom stereocenters. The Kier molecular flexibility index (Phi) is 3.24. The molecule has 0 fully saturated rings. The van der Waals surface area contributed by atoms with Gasteiger partial charge in [0.15, 0.2) is 0 Å². The van der Waals surface area contributed by atoms with Crippen LogP contribution in [-0.4, -0.2) is 24.1 Å². The number of pyridine rings is 1. The quantitative estimate of drug-likeness (QED) is 0.773. The van der Waals surface area contributed by atoms with Crippen LogP contribution in [-0.2, 0) is 6.54 Å². The maximum absolute atomic E-state index is 5.71. The van der Waals surface area contributed by atoms with E-state index in [9.17, 15) is 0 Å². The molecule has 0 N–H and O–H groups in total. The summed E-state index contributed by atoms with van der Waals surface area (Å²) in [6.45, 7) is 4.59. The molecular weight excluding hydrogens is 265 g/mol. The van der Waals surface area contributed by atoms with Crippen molar-refractivity contribution in [2.75, 3.05) is 0 Å². The van der Waals surface area contributed by atoms with Gasteiger partial charge in [-0.3, -0.25) is 9.99 Å². The van der Waals surface area contributed by atoms with Gasteiger partial charge in [0.1, 0.15) is 7.85 Å². The van der Waals surface area contributed by atoms with Crippen molar-refractivity contribution < 1.29 is 0 Å². The first-order valence-electron chi connectivity index (χ1n) is 4.73. The summed E-state index contributed by atoms with van der Waals surface area (Å²) in [5, 5.41) is 6.00. The lowest BCUT2D eigenvalue weighted by Gasteiger charge is -2.25. The molecule has 0 bridgehead atoms. The summed E-state index contributed by atoms with van der Waals surface area (Å²) < 4.78 is 0.788. The number of hydrazone groups is 1. The maximum Gasteiger partial charge on any atom is 0.117 e. The van der Waals surface area contributed by atoms with Gasteiger partial charge in [0.05, 0.1) is 12.2 Å². The molecule has 1 aliphatic rings. The number of aromatic nitrogens is 1. The molecule has 78 valence electrons. The smallest absolute Gasteiger partial charge is 0.117 e. The van der Waals surface area contributed by atoms with Gasteiger partial charge in [-0.2, -0.15) is 5.10 Å². The molecule has 0 atom stereocenters. The molecule has 16 heavy (non-hydrogen) atoms. The Bertz CT molecular complexity index is 467. The average Bonchev–Trinajstić information content (AvgIpc) is 2.31. The molecule has 2 rings (SSSR count). The second-order valence-electron chi connectivity index (χ2n) is 3.37. The van der Waals surface area contributed by atoms with E-state index in [-0.39, 0.29) is 0 Å². The van der Waals surface area contributed by atoms with E-state index in [1.54, 1.807) is 23.6 Å². The van der Waals surface area contributed by atoms with Crippen molar-refractivity contribution in [3.8, 4) is 0 Å². The van der Waals surface area contributed by atoms with E-state index in [1.807, 2.05) is 12.1 Å². The summed E-state index contributed by atoms with van der Waals surface area (Å²) in [5.41, 5.74) is 2.47. The molecule has 5 heteroatoms. The molecule has 0 amide bonds. The highest BCUT2D eigenvalue weighted by Crippen LogP contribution is 2.26. The van der Waals surface area contributed by atoms with Crippen LogP contribution in [0, 0.1) is 0 Å². The number of hydrogen-bond acceptors (Lipinski definition) is 3. The minimum atomic E-state index is 0.593. The summed E-state index contributed by atoms with van der Waals surface area (Å²) in [7, 11) is 5.71. The Hall–Kier alpha value is -1.36. The van der Waals surface area contributed by atoms with Gasteiger partial charge in [0.2, 0.25) is 0 Å². The SMILES string of the molecule is [B]C1=C(Br)C(=C)N(Cc2ccncc2)N=C1. The molecule has 3 nitrogen and oxygen atoms in total. The first-order valence-corrected chi connectivity index (χ1v) is 5.52. The highest BCUT2D eigenvalue weighted by atomic mass is 79.9. The molecule has 0 saturated heterocycles. The van der Waals surface area contributed by atoms with Crippen LogP contribution in [0.1, 0.15) is 5.56 Å². The summed E-state index contributed by atoms with van der Waals surface area (Å²) >= 11 is 3.38. The zero-order chi connectivity index (χ0) is 11.5. The van der Waals surface area contributed by atoms with Crippen LogP contribution in [0.2, 0.25) is 0 Å². The second-order valence-corrected chi connectivity index (χ2v) is 4.17. The number of hydrogen-bond donors (Lipinski definition) is 0. The van der Waals surface area contributed by atoms with Crippen LogP contribution in [0.5, 0.6) is 0 Å². The van der Waals surface area contributed by atoms with Gasteiger partial charge in [-0.05, 0) is 33.6 Å². The van der Waals surface area contributed by atoms with Crippen molar-refractivity contribution in [1.29, 1.82) is 0 Å². The van der Waals surface area contributed by atoms with Crippen LogP contribution >= 0.6 is 15.9 Å². The van der Waals surface area contributed by atoms with Crippen LogP contribution in [0.4, 0.5) is 0 Å². The van der Waals surface area contributed by atoms with Gasteiger partial charge >= 0.3 is 0 Å². The first-order chi connectivity index (χ1) is 7.68. The number of allylic oxidation sites excluding steroid dienone is 2. The van der Waals surface area contributed by atoms with Crippen LogP contribution in [0.25, 0.3) is 0 Å². The topological polar surface area (TPSA) is 28.5 Å². The molecule has 1 aromatic heterocycles. The van der Waals surface area contributed by atoms with E-state index < -0.39 is 0 Å². The van der Waals surface area contributed by atoms with Gasteiger partial charge in [-0.15, -0.1) is 0 Å². The van der Waals surface area contributed by atoms with Gasteiger partial charge < -0.3 is 0 Å². The standard InChI is InChI=1S/C11H9BBrN3/c1-8-11(13)10(12)6-15-16(8)7-9-2-4-14-5-3-9/h2-6H,1,7H2. The highest BCUT2D eigenvalue weighted by molar-refractivity contribution is 9.12. The molecule has 0 aliphatic carbocycles. The molecule has 1 aliphatic heterocycles. The summed E-state index contributed by atoms with van der Waals surface area (Å²) in [6, 6.07) is 3.89. The van der Waals surface area contributed by atoms with E-state index in [4.69, 9.17) is 7.85 Å². The molecular formula is C11H9BBrN3. The Morgan fingerprint density at radius 1 is 1.38 bits per heavy atom. The number of halogens is 1. The largest absolute Gasteiger partial charge is 0.265 e. The fourth-order valence-corrected chi connectivity index (χ4v) is 1.64. The summed E-state index contributed by atoms with van der Waals surface area (Å²) in [5.74, 6) is 0. The van der Waals surface area contributed by atoms with E-state index in [0.29, 0.717) is 12.0 Å². The van der Waals surface area contributed by atoms with E-state index in [2.05, 4.69) is 32.6 Å². The Morgan fingerprint density at radius 2 is 2.06 bits per heavy atom. The van der Waals surface area contributed by atoms with Crippen LogP contribution < -0.4 is 0 Å². The third kappa shape index (κ3) is 2.24. The molecule has 0 spiro atoms. The fraction of sp³-hybridized carbons (Fsp3) is 0.0909. The predicted molar refractivity (Wildman–Crippen MR) is 69.1 cm³/mol. The maximum atomic E-state index is 5.71. The lowest BCUT2D eigenvalue weighted by molar-refractivity contribution is 0.367. The zero-order valence-corrected chi connectivity index (χ0v) is 10.2. The number of rotatable bonds is 2. The van der Waals surface area contributed by atoms with Gasteiger partial charge in [0.25, 0.3) is 0 Å². The normalized spacial score (nSPS) is 15.8. The minimum absolute atomic E-state index is 0.593. The molecule has 0 saturated carbocycles. The predicted octanol–water partition coefficient (Wildman–Crippen LogP) is 2.17. The van der Waals surface area contributed by atoms with Crippen LogP contribution in [0.3, 0.4) is 0 Å². The minimum Gasteiger partial charge on any atom is -0.265 e. The Morgan fingerprint density at radius 3 is 2.75 bits per heavy atom. The Balaban J connectivity index is 2.15. The van der Waals surface area contributed by atoms with Gasteiger partial charge in [-0.25, -0.2) is 0 Å². The molecule has 2 radical (unpaired) electrons. The van der Waals surface area contributed by atoms with Crippen molar-refractivity contribution in [3.05, 3.63) is 52.3 Å². The average molecular weight is 274 g/mol.